The van der Waals surface area contributed by atoms with E-state index in [9.17, 15) is 9.90 Å². The fourth-order valence-electron chi connectivity index (χ4n) is 5.83. The Bertz CT molecular complexity index is 945. The van der Waals surface area contributed by atoms with Crippen molar-refractivity contribution in [2.45, 2.75) is 165 Å². The summed E-state index contributed by atoms with van der Waals surface area (Å²) in [6.45, 7) is 25.9. The van der Waals surface area contributed by atoms with Crippen LogP contribution in [0, 0.1) is 38.5 Å². The fraction of sp³-hybridized carbons (Fsp3) is 0.811. The Labute approximate surface area is 259 Å². The minimum atomic E-state index is -0.409. The highest BCUT2D eigenvalue weighted by Crippen LogP contribution is 2.44. The maximum absolute atomic E-state index is 10.9. The van der Waals surface area contributed by atoms with Crippen LogP contribution in [0.15, 0.2) is 0 Å². The van der Waals surface area contributed by atoms with Gasteiger partial charge in [0.1, 0.15) is 29.3 Å². The molecular formula is C37H66O5. The van der Waals surface area contributed by atoms with Crippen LogP contribution >= 0.6 is 0 Å². The Morgan fingerprint density at radius 2 is 1.45 bits per heavy atom. The number of carbonyl (C=O) groups excluding carboxylic acids is 1. The molecule has 0 bridgehead atoms. The highest BCUT2D eigenvalue weighted by Gasteiger charge is 2.34. The van der Waals surface area contributed by atoms with Gasteiger partial charge in [-0.25, -0.2) is 4.79 Å². The van der Waals surface area contributed by atoms with Gasteiger partial charge in [-0.2, -0.15) is 0 Å². The number of rotatable bonds is 15. The molecule has 0 aliphatic carbocycles. The second-order valence-electron chi connectivity index (χ2n) is 14.7. The number of ether oxygens (including phenoxy) is 3. The number of carbonyl (C=O) groups is 1. The molecule has 0 radical (unpaired) electrons. The van der Waals surface area contributed by atoms with Crippen LogP contribution in [0.3, 0.4) is 0 Å². The molecule has 1 aliphatic heterocycles. The number of esters is 1. The lowest BCUT2D eigenvalue weighted by molar-refractivity contribution is -0.160. The van der Waals surface area contributed by atoms with Crippen molar-refractivity contribution >= 4 is 5.97 Å². The highest BCUT2D eigenvalue weighted by molar-refractivity contribution is 5.71. The lowest BCUT2D eigenvalue weighted by Gasteiger charge is -2.38. The first kappa shape index (κ1) is 38.3. The van der Waals surface area contributed by atoms with E-state index in [0.717, 1.165) is 59.5 Å². The average Bonchev–Trinajstić information content (AvgIpc) is 2.88. The van der Waals surface area contributed by atoms with Crippen molar-refractivity contribution in [3.05, 3.63) is 22.3 Å². The normalized spacial score (nSPS) is 18.0. The number of hydrogen-bond donors (Lipinski definition) is 1. The van der Waals surface area contributed by atoms with E-state index in [4.69, 9.17) is 14.2 Å². The Hall–Kier alpha value is -1.75. The third-order valence-corrected chi connectivity index (χ3v) is 8.71. The molecule has 5 heteroatoms. The summed E-state index contributed by atoms with van der Waals surface area (Å²) < 4.78 is 16.4. The molecular weight excluding hydrogens is 524 g/mol. The van der Waals surface area contributed by atoms with Crippen molar-refractivity contribution in [1.82, 2.24) is 0 Å². The number of aromatic hydroxyl groups is 1. The molecule has 0 aromatic heterocycles. The van der Waals surface area contributed by atoms with Gasteiger partial charge < -0.3 is 19.3 Å². The van der Waals surface area contributed by atoms with E-state index in [-0.39, 0.29) is 18.2 Å². The van der Waals surface area contributed by atoms with Gasteiger partial charge in [0, 0.05) is 12.2 Å². The standard InChI is InChI=1S/C29H50O2.C8H16O3/c1-20(2)12-9-13-21(3)14-10-15-22(4)16-11-18-29(8)19-17-26-25(7)27(30)23(5)24(6)28(26)31-29;1-5-10-6-7(9)11-8(2,3)4/h20-22,30H,9-19H2,1-8H3;5-6H2,1-4H3/t21?,22?,29-;/m1./s1. The van der Waals surface area contributed by atoms with E-state index in [1.165, 1.54) is 56.9 Å². The van der Waals surface area contributed by atoms with Gasteiger partial charge in [0.05, 0.1) is 0 Å². The van der Waals surface area contributed by atoms with Crippen LogP contribution < -0.4 is 4.74 Å². The van der Waals surface area contributed by atoms with Crippen LogP contribution in [-0.2, 0) is 20.7 Å². The van der Waals surface area contributed by atoms with Crippen LogP contribution in [0.5, 0.6) is 11.5 Å². The second-order valence-corrected chi connectivity index (χ2v) is 14.7. The maximum Gasteiger partial charge on any atom is 0.332 e. The predicted octanol–water partition coefficient (Wildman–Crippen LogP) is 10.2. The van der Waals surface area contributed by atoms with Gasteiger partial charge in [-0.15, -0.1) is 0 Å². The summed E-state index contributed by atoms with van der Waals surface area (Å²) >= 11 is 0. The van der Waals surface area contributed by atoms with E-state index < -0.39 is 5.60 Å². The molecule has 0 saturated carbocycles. The summed E-state index contributed by atoms with van der Waals surface area (Å²) in [4.78, 5) is 10.9. The Balaban J connectivity index is 0.000000679. The summed E-state index contributed by atoms with van der Waals surface area (Å²) in [7, 11) is 0. The maximum atomic E-state index is 10.9. The first-order chi connectivity index (χ1) is 19.5. The van der Waals surface area contributed by atoms with Crippen LogP contribution in [0.1, 0.15) is 149 Å². The minimum absolute atomic E-state index is 0.0494. The van der Waals surface area contributed by atoms with Gasteiger partial charge in [-0.1, -0.05) is 72.6 Å². The van der Waals surface area contributed by atoms with Crippen LogP contribution in [0.2, 0.25) is 0 Å². The lowest BCUT2D eigenvalue weighted by Crippen LogP contribution is -2.37. The van der Waals surface area contributed by atoms with Crippen molar-refractivity contribution in [2.75, 3.05) is 13.2 Å². The number of hydrogen-bond acceptors (Lipinski definition) is 5. The topological polar surface area (TPSA) is 65.0 Å². The summed E-state index contributed by atoms with van der Waals surface area (Å²) in [6, 6.07) is 0. The number of phenolic OH excluding ortho intramolecular Hbond substituents is 1. The zero-order valence-electron chi connectivity index (χ0n) is 29.5. The molecule has 42 heavy (non-hydrogen) atoms. The largest absolute Gasteiger partial charge is 0.507 e. The number of fused-ring (bicyclic) bond motifs is 1. The summed E-state index contributed by atoms with van der Waals surface area (Å²) in [6.07, 6.45) is 14.1. The van der Waals surface area contributed by atoms with Gasteiger partial charge >= 0.3 is 5.97 Å². The molecule has 1 aromatic carbocycles. The van der Waals surface area contributed by atoms with E-state index in [1.54, 1.807) is 0 Å². The van der Waals surface area contributed by atoms with Crippen LogP contribution in [0.25, 0.3) is 0 Å². The van der Waals surface area contributed by atoms with Gasteiger partial charge in [0.25, 0.3) is 0 Å². The number of benzene rings is 1. The number of phenols is 1. The predicted molar refractivity (Wildman–Crippen MR) is 177 cm³/mol. The summed E-state index contributed by atoms with van der Waals surface area (Å²) in [5.41, 5.74) is 3.82. The minimum Gasteiger partial charge on any atom is -0.507 e. The van der Waals surface area contributed by atoms with Crippen molar-refractivity contribution in [3.63, 3.8) is 0 Å². The summed E-state index contributed by atoms with van der Waals surface area (Å²) in [5.74, 6) is 3.73. The molecule has 2 unspecified atom stereocenters. The van der Waals surface area contributed by atoms with Crippen molar-refractivity contribution < 1.29 is 24.1 Å². The first-order valence-corrected chi connectivity index (χ1v) is 16.8. The monoisotopic (exact) mass is 590 g/mol. The van der Waals surface area contributed by atoms with Gasteiger partial charge in [-0.3, -0.25) is 0 Å². The molecule has 244 valence electrons. The second kappa shape index (κ2) is 18.1. The van der Waals surface area contributed by atoms with Crippen LogP contribution in [0.4, 0.5) is 0 Å². The zero-order valence-corrected chi connectivity index (χ0v) is 29.5. The molecule has 1 aromatic rings. The highest BCUT2D eigenvalue weighted by atomic mass is 16.6. The molecule has 0 spiro atoms. The smallest absolute Gasteiger partial charge is 0.332 e. The molecule has 1 heterocycles. The third-order valence-electron chi connectivity index (χ3n) is 8.71. The molecule has 2 rings (SSSR count). The lowest BCUT2D eigenvalue weighted by atomic mass is 9.84. The summed E-state index contributed by atoms with van der Waals surface area (Å²) in [5, 5.41) is 10.4. The molecule has 0 fully saturated rings. The van der Waals surface area contributed by atoms with Gasteiger partial charge in [0.15, 0.2) is 0 Å². The fourth-order valence-corrected chi connectivity index (χ4v) is 5.83. The van der Waals surface area contributed by atoms with Gasteiger partial charge in [0.2, 0.25) is 0 Å². The van der Waals surface area contributed by atoms with Crippen LogP contribution in [-0.4, -0.2) is 35.5 Å². The van der Waals surface area contributed by atoms with Crippen molar-refractivity contribution in [1.29, 1.82) is 0 Å². The van der Waals surface area contributed by atoms with E-state index in [2.05, 4.69) is 41.5 Å². The molecule has 1 aliphatic rings. The first-order valence-electron chi connectivity index (χ1n) is 16.8. The Morgan fingerprint density at radius 1 is 0.905 bits per heavy atom. The van der Waals surface area contributed by atoms with E-state index >= 15 is 0 Å². The van der Waals surface area contributed by atoms with E-state index in [0.29, 0.717) is 12.4 Å². The van der Waals surface area contributed by atoms with Crippen molar-refractivity contribution in [2.24, 2.45) is 17.8 Å². The zero-order chi connectivity index (χ0) is 32.1. The van der Waals surface area contributed by atoms with E-state index in [1.807, 2.05) is 41.5 Å². The Kier molecular flexibility index (Phi) is 16.5. The Morgan fingerprint density at radius 3 is 1.98 bits per heavy atom. The third kappa shape index (κ3) is 14.1. The van der Waals surface area contributed by atoms with Gasteiger partial charge in [-0.05, 0) is 116 Å². The SMILES string of the molecule is CCOCC(=O)OC(C)(C)C.Cc1c(C)c2c(c(C)c1O)CC[C@@](C)(CCCC(C)CCCC(C)CCCC(C)C)O2. The van der Waals surface area contributed by atoms with Crippen molar-refractivity contribution in [3.8, 4) is 11.5 Å². The molecule has 0 saturated heterocycles. The average molecular weight is 591 g/mol. The molecule has 5 nitrogen and oxygen atoms in total. The molecule has 1 N–H and O–H groups in total. The quantitative estimate of drug-likeness (QED) is 0.206. The molecule has 0 amide bonds. The molecule has 3 atom stereocenters.